The molecule has 2 N–H and O–H groups in total. The molecule has 0 unspecified atom stereocenters. The van der Waals surface area contributed by atoms with Crippen LogP contribution in [0.15, 0.2) is 28.7 Å². The van der Waals surface area contributed by atoms with Crippen molar-refractivity contribution in [2.45, 2.75) is 6.92 Å². The molecule has 0 aromatic heterocycles. The van der Waals surface area contributed by atoms with Crippen molar-refractivity contribution in [3.63, 3.8) is 0 Å². The summed E-state index contributed by atoms with van der Waals surface area (Å²) in [4.78, 5) is 0. The quantitative estimate of drug-likeness (QED) is 0.798. The van der Waals surface area contributed by atoms with Crippen molar-refractivity contribution in [1.29, 1.82) is 0 Å². The maximum atomic E-state index is 5.03. The zero-order valence-electron chi connectivity index (χ0n) is 7.30. The van der Waals surface area contributed by atoms with Gasteiger partial charge in [0.2, 0.25) is 0 Å². The summed E-state index contributed by atoms with van der Waals surface area (Å²) < 4.78 is 1.06. The van der Waals surface area contributed by atoms with Gasteiger partial charge in [-0.3, -0.25) is 0 Å². The van der Waals surface area contributed by atoms with E-state index in [4.69, 9.17) is 12.2 Å². The van der Waals surface area contributed by atoms with Gasteiger partial charge in [0.05, 0.1) is 0 Å². The first kappa shape index (κ1) is 10.5. The summed E-state index contributed by atoms with van der Waals surface area (Å²) in [5, 5.41) is 6.74. The molecule has 70 valence electrons. The maximum Gasteiger partial charge on any atom is 0.170 e. The van der Waals surface area contributed by atoms with Crippen molar-refractivity contribution < 1.29 is 0 Å². The molecule has 0 fully saturated rings. The zero-order valence-corrected chi connectivity index (χ0v) is 9.71. The van der Waals surface area contributed by atoms with Gasteiger partial charge >= 0.3 is 0 Å². The Kier molecular flexibility index (Phi) is 4.18. The van der Waals surface area contributed by atoms with Crippen LogP contribution >= 0.6 is 28.1 Å². The average molecular weight is 259 g/mol. The molecule has 0 saturated carbocycles. The van der Waals surface area contributed by atoms with E-state index in [1.807, 2.05) is 31.2 Å². The third kappa shape index (κ3) is 3.74. The molecule has 0 saturated heterocycles. The summed E-state index contributed by atoms with van der Waals surface area (Å²) in [5.74, 6) is 0. The number of nitrogens with one attached hydrogen (secondary N) is 2. The SMILES string of the molecule is CCNC(=S)Nc1ccc(Br)cc1. The van der Waals surface area contributed by atoms with Crippen LogP contribution in [0.2, 0.25) is 0 Å². The first-order chi connectivity index (χ1) is 6.22. The Bertz CT molecular complexity index is 284. The van der Waals surface area contributed by atoms with Gasteiger partial charge in [0, 0.05) is 16.7 Å². The molecule has 0 aliphatic carbocycles. The maximum absolute atomic E-state index is 5.03. The second kappa shape index (κ2) is 5.19. The fourth-order valence-corrected chi connectivity index (χ4v) is 1.40. The van der Waals surface area contributed by atoms with Crippen LogP contribution in [0.4, 0.5) is 5.69 Å². The van der Waals surface area contributed by atoms with Crippen LogP contribution in [0.3, 0.4) is 0 Å². The van der Waals surface area contributed by atoms with E-state index in [1.54, 1.807) is 0 Å². The number of halogens is 1. The number of anilines is 1. The molecule has 0 amide bonds. The number of benzene rings is 1. The van der Waals surface area contributed by atoms with E-state index in [2.05, 4.69) is 26.6 Å². The van der Waals surface area contributed by atoms with E-state index >= 15 is 0 Å². The molecule has 0 spiro atoms. The molecule has 0 aliphatic rings. The molecule has 1 aromatic carbocycles. The lowest BCUT2D eigenvalue weighted by Gasteiger charge is -2.08. The van der Waals surface area contributed by atoms with Crippen LogP contribution in [0, 0.1) is 0 Å². The van der Waals surface area contributed by atoms with Gasteiger partial charge in [0.25, 0.3) is 0 Å². The third-order valence-electron chi connectivity index (χ3n) is 1.44. The highest BCUT2D eigenvalue weighted by atomic mass is 79.9. The number of hydrogen-bond acceptors (Lipinski definition) is 1. The second-order valence-corrected chi connectivity index (χ2v) is 3.82. The van der Waals surface area contributed by atoms with Gasteiger partial charge < -0.3 is 10.6 Å². The Morgan fingerprint density at radius 1 is 1.38 bits per heavy atom. The zero-order chi connectivity index (χ0) is 9.68. The lowest BCUT2D eigenvalue weighted by molar-refractivity contribution is 0.979. The predicted octanol–water partition coefficient (Wildman–Crippen LogP) is 2.76. The standard InChI is InChI=1S/C9H11BrN2S/c1-2-11-9(13)12-8-5-3-7(10)4-6-8/h3-6H,2H2,1H3,(H2,11,12,13). The van der Waals surface area contributed by atoms with Crippen LogP contribution < -0.4 is 10.6 Å². The average Bonchev–Trinajstić information content (AvgIpc) is 2.09. The van der Waals surface area contributed by atoms with Gasteiger partial charge in [0.15, 0.2) is 5.11 Å². The smallest absolute Gasteiger partial charge is 0.170 e. The highest BCUT2D eigenvalue weighted by molar-refractivity contribution is 9.10. The minimum atomic E-state index is 0.657. The highest BCUT2D eigenvalue weighted by Crippen LogP contribution is 2.13. The van der Waals surface area contributed by atoms with Crippen molar-refractivity contribution >= 4 is 38.9 Å². The second-order valence-electron chi connectivity index (χ2n) is 2.49. The van der Waals surface area contributed by atoms with Crippen molar-refractivity contribution in [3.05, 3.63) is 28.7 Å². The van der Waals surface area contributed by atoms with Crippen molar-refractivity contribution in [2.24, 2.45) is 0 Å². The predicted molar refractivity (Wildman–Crippen MR) is 64.0 cm³/mol. The molecule has 4 heteroatoms. The Morgan fingerprint density at radius 2 is 2.00 bits per heavy atom. The molecule has 1 rings (SSSR count). The van der Waals surface area contributed by atoms with Crippen molar-refractivity contribution in [2.75, 3.05) is 11.9 Å². The summed E-state index contributed by atoms with van der Waals surface area (Å²) in [7, 11) is 0. The summed E-state index contributed by atoms with van der Waals surface area (Å²) >= 11 is 8.40. The first-order valence-corrected chi connectivity index (χ1v) is 5.23. The van der Waals surface area contributed by atoms with Gasteiger partial charge in [-0.15, -0.1) is 0 Å². The van der Waals surface area contributed by atoms with E-state index in [0.717, 1.165) is 16.7 Å². The monoisotopic (exact) mass is 258 g/mol. The lowest BCUT2D eigenvalue weighted by Crippen LogP contribution is -2.27. The topological polar surface area (TPSA) is 24.1 Å². The molecule has 1 aromatic rings. The van der Waals surface area contributed by atoms with Crippen molar-refractivity contribution in [1.82, 2.24) is 5.32 Å². The lowest BCUT2D eigenvalue weighted by atomic mass is 10.3. The largest absolute Gasteiger partial charge is 0.363 e. The van der Waals surface area contributed by atoms with Gasteiger partial charge in [-0.25, -0.2) is 0 Å². The van der Waals surface area contributed by atoms with E-state index < -0.39 is 0 Å². The van der Waals surface area contributed by atoms with E-state index in [1.165, 1.54) is 0 Å². The number of hydrogen-bond donors (Lipinski definition) is 2. The van der Waals surface area contributed by atoms with Crippen LogP contribution in [-0.4, -0.2) is 11.7 Å². The van der Waals surface area contributed by atoms with Crippen LogP contribution in [-0.2, 0) is 0 Å². The summed E-state index contributed by atoms with van der Waals surface area (Å²) in [6, 6.07) is 7.87. The Hall–Kier alpha value is -0.610. The molecule has 2 nitrogen and oxygen atoms in total. The number of thiocarbonyl (C=S) groups is 1. The normalized spacial score (nSPS) is 9.38. The van der Waals surface area contributed by atoms with E-state index in [-0.39, 0.29) is 0 Å². The Balaban J connectivity index is 2.54. The van der Waals surface area contributed by atoms with Gasteiger partial charge in [0.1, 0.15) is 0 Å². The Labute approximate surface area is 91.9 Å². The highest BCUT2D eigenvalue weighted by Gasteiger charge is 1.94. The van der Waals surface area contributed by atoms with Gasteiger partial charge in [-0.1, -0.05) is 15.9 Å². The Morgan fingerprint density at radius 3 is 2.54 bits per heavy atom. The molecule has 0 radical (unpaired) electrons. The first-order valence-electron chi connectivity index (χ1n) is 4.03. The van der Waals surface area contributed by atoms with Gasteiger partial charge in [-0.2, -0.15) is 0 Å². The summed E-state index contributed by atoms with van der Waals surface area (Å²) in [5.41, 5.74) is 0.995. The molecule has 13 heavy (non-hydrogen) atoms. The number of rotatable bonds is 2. The molecule has 0 atom stereocenters. The molecule has 0 bridgehead atoms. The van der Waals surface area contributed by atoms with Crippen LogP contribution in [0.5, 0.6) is 0 Å². The summed E-state index contributed by atoms with van der Waals surface area (Å²) in [6.07, 6.45) is 0. The molecular formula is C9H11BrN2S. The van der Waals surface area contributed by atoms with Crippen LogP contribution in [0.25, 0.3) is 0 Å². The fraction of sp³-hybridized carbons (Fsp3) is 0.222. The molecule has 0 aliphatic heterocycles. The summed E-state index contributed by atoms with van der Waals surface area (Å²) in [6.45, 7) is 2.85. The minimum absolute atomic E-state index is 0.657. The molecular weight excluding hydrogens is 248 g/mol. The van der Waals surface area contributed by atoms with Gasteiger partial charge in [-0.05, 0) is 43.4 Å². The third-order valence-corrected chi connectivity index (χ3v) is 2.21. The van der Waals surface area contributed by atoms with Crippen LogP contribution in [0.1, 0.15) is 6.92 Å². The molecule has 0 heterocycles. The van der Waals surface area contributed by atoms with Crippen molar-refractivity contribution in [3.8, 4) is 0 Å². The van der Waals surface area contributed by atoms with E-state index in [9.17, 15) is 0 Å². The minimum Gasteiger partial charge on any atom is -0.363 e. The fourth-order valence-electron chi connectivity index (χ4n) is 0.869. The van der Waals surface area contributed by atoms with E-state index in [0.29, 0.717) is 5.11 Å².